The molecule has 3 aromatic carbocycles. The molecule has 0 saturated carbocycles. The van der Waals surface area contributed by atoms with Gasteiger partial charge in [0.1, 0.15) is 5.75 Å². The number of carbonyl (C=O) groups is 1. The predicted molar refractivity (Wildman–Crippen MR) is 110 cm³/mol. The SMILES string of the molecule is O=C(Nc1cc(Cl)ccc1Oc1ccccc1)c1nn(-c2ccccc2)c(=O)[nH]1. The Morgan fingerprint density at radius 1 is 1.00 bits per heavy atom. The second-order valence-corrected chi connectivity index (χ2v) is 6.47. The number of para-hydroxylation sites is 2. The second-order valence-electron chi connectivity index (χ2n) is 6.04. The molecule has 0 bridgehead atoms. The molecular formula is C21H15ClN4O3. The van der Waals surface area contributed by atoms with Crippen LogP contribution in [-0.4, -0.2) is 20.7 Å². The van der Waals surface area contributed by atoms with Crippen molar-refractivity contribution in [2.45, 2.75) is 0 Å². The number of nitrogens with one attached hydrogen (secondary N) is 2. The minimum Gasteiger partial charge on any atom is -0.455 e. The van der Waals surface area contributed by atoms with Gasteiger partial charge in [-0.05, 0) is 42.5 Å². The van der Waals surface area contributed by atoms with E-state index in [2.05, 4.69) is 15.4 Å². The van der Waals surface area contributed by atoms with Gasteiger partial charge in [0, 0.05) is 5.02 Å². The van der Waals surface area contributed by atoms with E-state index in [1.165, 1.54) is 0 Å². The topological polar surface area (TPSA) is 89.0 Å². The lowest BCUT2D eigenvalue weighted by Crippen LogP contribution is -2.16. The third-order valence-electron chi connectivity index (χ3n) is 3.99. The number of hydrogen-bond acceptors (Lipinski definition) is 4. The lowest BCUT2D eigenvalue weighted by Gasteiger charge is -2.12. The molecule has 2 N–H and O–H groups in total. The quantitative estimate of drug-likeness (QED) is 0.518. The smallest absolute Gasteiger partial charge is 0.348 e. The van der Waals surface area contributed by atoms with Crippen LogP contribution < -0.4 is 15.7 Å². The first-order valence-electron chi connectivity index (χ1n) is 8.69. The van der Waals surface area contributed by atoms with Crippen LogP contribution in [0, 0.1) is 0 Å². The van der Waals surface area contributed by atoms with E-state index in [4.69, 9.17) is 16.3 Å². The number of hydrogen-bond donors (Lipinski definition) is 2. The average molecular weight is 407 g/mol. The van der Waals surface area contributed by atoms with Crippen molar-refractivity contribution in [2.75, 3.05) is 5.32 Å². The molecule has 8 heteroatoms. The van der Waals surface area contributed by atoms with Crippen molar-refractivity contribution in [2.24, 2.45) is 0 Å². The van der Waals surface area contributed by atoms with Crippen molar-refractivity contribution in [1.29, 1.82) is 0 Å². The molecule has 7 nitrogen and oxygen atoms in total. The molecule has 1 heterocycles. The first-order valence-corrected chi connectivity index (χ1v) is 9.06. The normalized spacial score (nSPS) is 10.5. The zero-order chi connectivity index (χ0) is 20.2. The lowest BCUT2D eigenvalue weighted by atomic mass is 10.2. The molecule has 0 aliphatic carbocycles. The monoisotopic (exact) mass is 406 g/mol. The second kappa shape index (κ2) is 8.04. The third kappa shape index (κ3) is 4.20. The van der Waals surface area contributed by atoms with Crippen molar-refractivity contribution in [1.82, 2.24) is 14.8 Å². The Hall–Kier alpha value is -3.84. The molecule has 0 unspecified atom stereocenters. The van der Waals surface area contributed by atoms with E-state index in [-0.39, 0.29) is 5.82 Å². The number of ether oxygens (including phenoxy) is 1. The Morgan fingerprint density at radius 3 is 2.41 bits per heavy atom. The molecular weight excluding hydrogens is 392 g/mol. The number of amides is 1. The van der Waals surface area contributed by atoms with E-state index in [0.29, 0.717) is 27.9 Å². The minimum absolute atomic E-state index is 0.135. The molecule has 4 rings (SSSR count). The maximum Gasteiger partial charge on any atom is 0.348 e. The fraction of sp³-hybridized carbons (Fsp3) is 0. The molecule has 0 radical (unpaired) electrons. The van der Waals surface area contributed by atoms with Crippen molar-refractivity contribution in [3.63, 3.8) is 0 Å². The summed E-state index contributed by atoms with van der Waals surface area (Å²) in [7, 11) is 0. The van der Waals surface area contributed by atoms with E-state index in [1.54, 1.807) is 54.6 Å². The van der Waals surface area contributed by atoms with Crippen LogP contribution in [0.4, 0.5) is 5.69 Å². The molecule has 4 aromatic rings. The number of halogens is 1. The maximum absolute atomic E-state index is 12.7. The number of carbonyl (C=O) groups excluding carboxylic acids is 1. The van der Waals surface area contributed by atoms with Gasteiger partial charge in [-0.3, -0.25) is 9.78 Å². The Labute approximate surface area is 170 Å². The molecule has 0 saturated heterocycles. The summed E-state index contributed by atoms with van der Waals surface area (Å²) in [6, 6.07) is 22.8. The molecule has 1 aromatic heterocycles. The summed E-state index contributed by atoms with van der Waals surface area (Å²) in [5.74, 6) is 0.271. The van der Waals surface area contributed by atoms with Crippen LogP contribution in [0.5, 0.6) is 11.5 Å². The predicted octanol–water partition coefficient (Wildman–Crippen LogP) is 4.26. The summed E-state index contributed by atoms with van der Waals surface area (Å²) < 4.78 is 6.95. The van der Waals surface area contributed by atoms with Crippen LogP contribution in [0.25, 0.3) is 5.69 Å². The van der Waals surface area contributed by atoms with Gasteiger partial charge in [-0.15, -0.1) is 5.10 Å². The van der Waals surface area contributed by atoms with E-state index < -0.39 is 11.6 Å². The van der Waals surface area contributed by atoms with Gasteiger partial charge in [0.15, 0.2) is 5.75 Å². The van der Waals surface area contributed by atoms with E-state index in [1.807, 2.05) is 24.3 Å². The highest BCUT2D eigenvalue weighted by molar-refractivity contribution is 6.31. The van der Waals surface area contributed by atoms with Gasteiger partial charge in [0.05, 0.1) is 11.4 Å². The number of H-pyrrole nitrogens is 1. The van der Waals surface area contributed by atoms with Crippen LogP contribution >= 0.6 is 11.6 Å². The van der Waals surface area contributed by atoms with Crippen molar-refractivity contribution in [3.8, 4) is 17.2 Å². The Bertz CT molecular complexity index is 1200. The van der Waals surface area contributed by atoms with Crippen molar-refractivity contribution in [3.05, 3.63) is 100 Å². The molecule has 144 valence electrons. The van der Waals surface area contributed by atoms with Crippen molar-refractivity contribution >= 4 is 23.2 Å². The van der Waals surface area contributed by atoms with E-state index in [0.717, 1.165) is 4.68 Å². The van der Waals surface area contributed by atoms with Gasteiger partial charge in [-0.2, -0.15) is 4.68 Å². The zero-order valence-corrected chi connectivity index (χ0v) is 15.8. The molecule has 0 fully saturated rings. The van der Waals surface area contributed by atoms with Gasteiger partial charge in [-0.1, -0.05) is 48.0 Å². The first kappa shape index (κ1) is 18.5. The van der Waals surface area contributed by atoms with E-state index in [9.17, 15) is 9.59 Å². The van der Waals surface area contributed by atoms with Crippen LogP contribution in [0.15, 0.2) is 83.7 Å². The van der Waals surface area contributed by atoms with Gasteiger partial charge in [-0.25, -0.2) is 4.79 Å². The maximum atomic E-state index is 12.7. The highest BCUT2D eigenvalue weighted by Crippen LogP contribution is 2.32. The Kier molecular flexibility index (Phi) is 5.13. The Morgan fingerprint density at radius 2 is 1.69 bits per heavy atom. The third-order valence-corrected chi connectivity index (χ3v) is 4.23. The fourth-order valence-electron chi connectivity index (χ4n) is 2.66. The summed E-state index contributed by atoms with van der Waals surface area (Å²) in [6.45, 7) is 0. The van der Waals surface area contributed by atoms with Crippen molar-refractivity contribution < 1.29 is 9.53 Å². The summed E-state index contributed by atoms with van der Waals surface area (Å²) in [5.41, 5.74) is 0.373. The zero-order valence-electron chi connectivity index (χ0n) is 15.0. The van der Waals surface area contributed by atoms with E-state index >= 15 is 0 Å². The molecule has 29 heavy (non-hydrogen) atoms. The molecule has 0 atom stereocenters. The Balaban J connectivity index is 1.61. The summed E-state index contributed by atoms with van der Waals surface area (Å²) in [5, 5.41) is 7.18. The first-order chi connectivity index (χ1) is 14.1. The van der Waals surface area contributed by atoms with Gasteiger partial charge >= 0.3 is 5.69 Å². The molecule has 0 aliphatic heterocycles. The van der Waals surface area contributed by atoms with Crippen LogP contribution in [-0.2, 0) is 0 Å². The number of anilines is 1. The van der Waals surface area contributed by atoms with Crippen LogP contribution in [0.2, 0.25) is 5.02 Å². The number of rotatable bonds is 5. The highest BCUT2D eigenvalue weighted by atomic mass is 35.5. The summed E-state index contributed by atoms with van der Waals surface area (Å²) in [4.78, 5) is 27.3. The minimum atomic E-state index is -0.600. The van der Waals surface area contributed by atoms with Gasteiger partial charge in [0.2, 0.25) is 5.82 Å². The highest BCUT2D eigenvalue weighted by Gasteiger charge is 2.17. The number of benzene rings is 3. The van der Waals surface area contributed by atoms with Crippen LogP contribution in [0.3, 0.4) is 0 Å². The molecule has 0 aliphatic rings. The summed E-state index contributed by atoms with van der Waals surface area (Å²) >= 11 is 6.07. The lowest BCUT2D eigenvalue weighted by molar-refractivity contribution is 0.101. The van der Waals surface area contributed by atoms with Crippen LogP contribution in [0.1, 0.15) is 10.6 Å². The number of nitrogens with zero attached hydrogens (tertiary/aromatic N) is 2. The van der Waals surface area contributed by atoms with Gasteiger partial charge < -0.3 is 10.1 Å². The standard InChI is InChI=1S/C21H15ClN4O3/c22-14-11-12-18(29-16-9-5-2-6-10-16)17(13-14)23-20(27)19-24-21(28)26(25-19)15-7-3-1-4-8-15/h1-13H,(H,23,27)(H,24,25,28). The average Bonchev–Trinajstić information content (AvgIpc) is 3.13. The fourth-order valence-corrected chi connectivity index (χ4v) is 2.83. The number of aromatic nitrogens is 3. The summed E-state index contributed by atoms with van der Waals surface area (Å²) in [6.07, 6.45) is 0. The molecule has 1 amide bonds. The number of aromatic amines is 1. The molecule has 0 spiro atoms. The largest absolute Gasteiger partial charge is 0.455 e. The van der Waals surface area contributed by atoms with Gasteiger partial charge in [0.25, 0.3) is 5.91 Å².